The summed E-state index contributed by atoms with van der Waals surface area (Å²) in [4.78, 5) is 28.3. The van der Waals surface area contributed by atoms with Crippen LogP contribution in [0, 0.1) is 19.3 Å². The zero-order valence-corrected chi connectivity index (χ0v) is 21.5. The first-order valence-electron chi connectivity index (χ1n) is 12.5. The molecule has 1 spiro atoms. The lowest BCUT2D eigenvalue weighted by atomic mass is 9.62. The number of nitrogens with one attached hydrogen (secondary N) is 1. The smallest absolute Gasteiger partial charge is 0.324 e. The number of benzene rings is 3. The van der Waals surface area contributed by atoms with Gasteiger partial charge in [-0.05, 0) is 69.0 Å². The summed E-state index contributed by atoms with van der Waals surface area (Å²) in [7, 11) is 0. The highest BCUT2D eigenvalue weighted by Crippen LogP contribution is 2.57. The minimum Gasteiger partial charge on any atom is -0.492 e. The Kier molecular flexibility index (Phi) is 6.00. The van der Waals surface area contributed by atoms with Crippen molar-refractivity contribution in [2.75, 3.05) is 6.61 Å². The van der Waals surface area contributed by atoms with Crippen molar-refractivity contribution in [3.8, 4) is 5.75 Å². The number of hydrogen-bond donors (Lipinski definition) is 1. The number of ketones is 1. The summed E-state index contributed by atoms with van der Waals surface area (Å²) in [5.41, 5.74) is 2.97. The zero-order chi connectivity index (χ0) is 25.7. The Morgan fingerprint density at radius 1 is 0.944 bits per heavy atom. The topological polar surface area (TPSA) is 64.6 Å². The second-order valence-electron chi connectivity index (χ2n) is 11.0. The fourth-order valence-electron chi connectivity index (χ4n) is 5.70. The Labute approximate surface area is 212 Å². The number of hydrogen-bond acceptors (Lipinski definition) is 5. The van der Waals surface area contributed by atoms with Gasteiger partial charge in [0.25, 0.3) is 0 Å². The minimum absolute atomic E-state index is 0.0139. The second-order valence-corrected chi connectivity index (χ2v) is 11.0. The van der Waals surface area contributed by atoms with Crippen LogP contribution in [0.3, 0.4) is 0 Å². The van der Waals surface area contributed by atoms with Crippen LogP contribution in [0.1, 0.15) is 65.3 Å². The number of carbonyl (C=O) groups excluding carboxylic acids is 2. The largest absolute Gasteiger partial charge is 0.492 e. The molecule has 0 radical (unpaired) electrons. The molecule has 2 aliphatic heterocycles. The molecule has 0 amide bonds. The van der Waals surface area contributed by atoms with Crippen LogP contribution in [0.4, 0.5) is 0 Å². The molecule has 1 N–H and O–H groups in total. The summed E-state index contributed by atoms with van der Waals surface area (Å²) < 4.78 is 12.2. The van der Waals surface area contributed by atoms with Crippen LogP contribution in [0.25, 0.3) is 0 Å². The molecule has 2 heterocycles. The molecule has 0 saturated carbocycles. The standard InChI is InChI=1S/C31H33NO4/c1-19-15-16-22(17-20(19)2)25-26(29(34)36-30(3,4)5)32-27(21-11-7-6-8-12-21)31(25)18-35-24-14-10-9-13-23(24)28(31)33/h6-17,25-27,32H,18H2,1-5H3/t25-,26+,27+,31+/m1/s1. The summed E-state index contributed by atoms with van der Waals surface area (Å²) in [6, 6.07) is 22.3. The van der Waals surface area contributed by atoms with Crippen molar-refractivity contribution < 1.29 is 19.1 Å². The number of rotatable bonds is 3. The molecule has 36 heavy (non-hydrogen) atoms. The first kappa shape index (κ1) is 24.3. The minimum atomic E-state index is -1.04. The van der Waals surface area contributed by atoms with Gasteiger partial charge in [0, 0.05) is 12.0 Å². The Hall–Kier alpha value is -3.44. The van der Waals surface area contributed by atoms with Crippen LogP contribution < -0.4 is 10.1 Å². The molecule has 3 aromatic carbocycles. The lowest BCUT2D eigenvalue weighted by Crippen LogP contribution is -2.48. The number of fused-ring (bicyclic) bond motifs is 1. The molecule has 0 bridgehead atoms. The Balaban J connectivity index is 1.74. The Bertz CT molecular complexity index is 1310. The van der Waals surface area contributed by atoms with E-state index in [2.05, 4.69) is 31.3 Å². The predicted molar refractivity (Wildman–Crippen MR) is 139 cm³/mol. The van der Waals surface area contributed by atoms with E-state index in [-0.39, 0.29) is 18.4 Å². The van der Waals surface area contributed by atoms with Gasteiger partial charge in [0.05, 0.1) is 11.0 Å². The zero-order valence-electron chi connectivity index (χ0n) is 21.5. The first-order valence-corrected chi connectivity index (χ1v) is 12.5. The van der Waals surface area contributed by atoms with Crippen LogP contribution in [-0.2, 0) is 9.53 Å². The third kappa shape index (κ3) is 4.01. The van der Waals surface area contributed by atoms with Crippen molar-refractivity contribution in [3.05, 3.63) is 101 Å². The highest BCUT2D eigenvalue weighted by atomic mass is 16.6. The van der Waals surface area contributed by atoms with Gasteiger partial charge in [-0.25, -0.2) is 0 Å². The lowest BCUT2D eigenvalue weighted by molar-refractivity contribution is -0.157. The molecule has 4 atom stereocenters. The van der Waals surface area contributed by atoms with Crippen molar-refractivity contribution in [2.24, 2.45) is 5.41 Å². The molecule has 5 heteroatoms. The van der Waals surface area contributed by atoms with E-state index in [4.69, 9.17) is 9.47 Å². The average Bonchev–Trinajstić information content (AvgIpc) is 3.19. The number of para-hydroxylation sites is 1. The van der Waals surface area contributed by atoms with Gasteiger partial charge in [-0.3, -0.25) is 14.9 Å². The van der Waals surface area contributed by atoms with E-state index in [1.165, 1.54) is 0 Å². The van der Waals surface area contributed by atoms with E-state index in [9.17, 15) is 9.59 Å². The van der Waals surface area contributed by atoms with Gasteiger partial charge in [0.1, 0.15) is 24.0 Å². The molecule has 3 aromatic rings. The molecular formula is C31H33NO4. The van der Waals surface area contributed by atoms with Crippen molar-refractivity contribution >= 4 is 11.8 Å². The fraction of sp³-hybridized carbons (Fsp3) is 0.355. The van der Waals surface area contributed by atoms with E-state index in [1.54, 1.807) is 0 Å². The summed E-state index contributed by atoms with van der Waals surface area (Å²) in [5, 5.41) is 3.56. The van der Waals surface area contributed by atoms with Gasteiger partial charge < -0.3 is 9.47 Å². The third-order valence-electron chi connectivity index (χ3n) is 7.45. The number of ether oxygens (including phenoxy) is 2. The molecule has 2 aliphatic rings. The molecule has 0 unspecified atom stereocenters. The van der Waals surface area contributed by atoms with Crippen molar-refractivity contribution in [3.63, 3.8) is 0 Å². The molecule has 5 nitrogen and oxygen atoms in total. The summed E-state index contributed by atoms with van der Waals surface area (Å²) >= 11 is 0. The van der Waals surface area contributed by atoms with E-state index in [0.717, 1.165) is 22.3 Å². The molecule has 0 aliphatic carbocycles. The lowest BCUT2D eigenvalue weighted by Gasteiger charge is -2.42. The molecule has 1 fully saturated rings. The number of esters is 1. The van der Waals surface area contributed by atoms with Crippen LogP contribution in [0.2, 0.25) is 0 Å². The maximum absolute atomic E-state index is 14.5. The maximum Gasteiger partial charge on any atom is 0.324 e. The number of aryl methyl sites for hydroxylation is 2. The third-order valence-corrected chi connectivity index (χ3v) is 7.45. The van der Waals surface area contributed by atoms with Gasteiger partial charge >= 0.3 is 5.97 Å². The van der Waals surface area contributed by atoms with Gasteiger partial charge in [0.2, 0.25) is 0 Å². The van der Waals surface area contributed by atoms with E-state index in [0.29, 0.717) is 11.3 Å². The Morgan fingerprint density at radius 2 is 1.64 bits per heavy atom. The second kappa shape index (κ2) is 8.90. The number of Topliss-reactive ketones (excluding diaryl/α,β-unsaturated/α-hetero) is 1. The van der Waals surface area contributed by atoms with Gasteiger partial charge in [-0.1, -0.05) is 60.7 Å². The molecule has 5 rings (SSSR count). The Morgan fingerprint density at radius 3 is 2.33 bits per heavy atom. The first-order chi connectivity index (χ1) is 17.1. The quantitative estimate of drug-likeness (QED) is 0.484. The van der Waals surface area contributed by atoms with Crippen LogP contribution in [0.5, 0.6) is 5.75 Å². The maximum atomic E-state index is 14.5. The molecule has 186 valence electrons. The number of carbonyl (C=O) groups is 2. The predicted octanol–water partition coefficient (Wildman–Crippen LogP) is 5.70. The average molecular weight is 484 g/mol. The van der Waals surface area contributed by atoms with Gasteiger partial charge in [0.15, 0.2) is 5.78 Å². The van der Waals surface area contributed by atoms with Crippen molar-refractivity contribution in [1.82, 2.24) is 5.32 Å². The molecule has 0 aromatic heterocycles. The normalized spacial score (nSPS) is 25.4. The van der Waals surface area contributed by atoms with Crippen LogP contribution in [-0.4, -0.2) is 30.0 Å². The van der Waals surface area contributed by atoms with E-state index < -0.39 is 29.0 Å². The van der Waals surface area contributed by atoms with Crippen LogP contribution in [0.15, 0.2) is 72.8 Å². The SMILES string of the molecule is Cc1ccc([C@@H]2[C@@H](C(=O)OC(C)(C)C)N[C@@H](c3ccccc3)[C@]23COc2ccccc2C3=O)cc1C. The van der Waals surface area contributed by atoms with Crippen LogP contribution >= 0.6 is 0 Å². The fourth-order valence-corrected chi connectivity index (χ4v) is 5.70. The van der Waals surface area contributed by atoms with Gasteiger partial charge in [-0.2, -0.15) is 0 Å². The van der Waals surface area contributed by atoms with E-state index >= 15 is 0 Å². The summed E-state index contributed by atoms with van der Waals surface area (Å²) in [6.07, 6.45) is 0. The summed E-state index contributed by atoms with van der Waals surface area (Å²) in [5.74, 6) is -0.285. The van der Waals surface area contributed by atoms with Crippen molar-refractivity contribution in [2.45, 2.75) is 58.2 Å². The highest BCUT2D eigenvalue weighted by molar-refractivity contribution is 6.06. The van der Waals surface area contributed by atoms with E-state index in [1.807, 2.05) is 81.4 Å². The molecule has 1 saturated heterocycles. The van der Waals surface area contributed by atoms with Gasteiger partial charge in [-0.15, -0.1) is 0 Å². The monoisotopic (exact) mass is 483 g/mol. The summed E-state index contributed by atoms with van der Waals surface area (Å²) in [6.45, 7) is 9.86. The van der Waals surface area contributed by atoms with Crippen molar-refractivity contribution in [1.29, 1.82) is 0 Å². The highest BCUT2D eigenvalue weighted by Gasteiger charge is 2.64. The molecular weight excluding hydrogens is 450 g/mol.